The van der Waals surface area contributed by atoms with Crippen molar-refractivity contribution in [3.8, 4) is 0 Å². The third-order valence-electron chi connectivity index (χ3n) is 2.88. The Hall–Kier alpha value is -0.580. The zero-order valence-corrected chi connectivity index (χ0v) is 11.8. The number of carbonyl (C=O) groups excluding carboxylic acids is 1. The molecule has 1 aromatic heterocycles. The van der Waals surface area contributed by atoms with Crippen LogP contribution in [0.2, 0.25) is 0 Å². The monoisotopic (exact) mass is 290 g/mol. The molecule has 1 aliphatic carbocycles. The van der Waals surface area contributed by atoms with Gasteiger partial charge in [0.25, 0.3) is 0 Å². The number of amides is 1. The molecule has 2 rings (SSSR count). The molecule has 3 nitrogen and oxygen atoms in total. The minimum atomic E-state index is -0.952. The summed E-state index contributed by atoms with van der Waals surface area (Å²) in [5, 5.41) is 3.90. The summed E-state index contributed by atoms with van der Waals surface area (Å²) in [4.78, 5) is 13.9. The lowest BCUT2D eigenvalue weighted by Crippen LogP contribution is -2.29. The number of thiophene rings is 1. The van der Waals surface area contributed by atoms with E-state index in [0.717, 1.165) is 4.88 Å². The summed E-state index contributed by atoms with van der Waals surface area (Å²) in [5.41, 5.74) is 1.74. The maximum absolute atomic E-state index is 11.7. The number of hydrogen-bond donors (Lipinski definition) is 1. The van der Waals surface area contributed by atoms with Crippen LogP contribution in [0.5, 0.6) is 0 Å². The largest absolute Gasteiger partial charge is 0.272 e. The van der Waals surface area contributed by atoms with Crippen LogP contribution >= 0.6 is 34.5 Å². The van der Waals surface area contributed by atoms with Crippen LogP contribution in [-0.2, 0) is 4.79 Å². The number of halogens is 2. The average molecular weight is 291 g/mol. The van der Waals surface area contributed by atoms with Crippen LogP contribution in [0.1, 0.15) is 23.1 Å². The van der Waals surface area contributed by atoms with Gasteiger partial charge < -0.3 is 0 Å². The second-order valence-corrected chi connectivity index (χ2v) is 7.16. The van der Waals surface area contributed by atoms with Gasteiger partial charge in [-0.2, -0.15) is 5.10 Å². The molecule has 0 saturated heterocycles. The predicted molar refractivity (Wildman–Crippen MR) is 72.0 cm³/mol. The summed E-state index contributed by atoms with van der Waals surface area (Å²) in [7, 11) is 0. The maximum atomic E-state index is 11.7. The highest BCUT2D eigenvalue weighted by molar-refractivity contribution is 7.13. The lowest BCUT2D eigenvalue weighted by atomic mass is 10.1. The first-order chi connectivity index (χ1) is 7.85. The molecule has 0 aliphatic heterocycles. The summed E-state index contributed by atoms with van der Waals surface area (Å²) in [6.45, 7) is 3.74. The molecule has 17 heavy (non-hydrogen) atoms. The van der Waals surface area contributed by atoms with Crippen LogP contribution in [-0.4, -0.2) is 16.5 Å². The second-order valence-electron chi connectivity index (χ2n) is 4.36. The summed E-state index contributed by atoms with van der Waals surface area (Å²) in [5.74, 6) is -0.243. The van der Waals surface area contributed by atoms with E-state index in [1.54, 1.807) is 24.5 Å². The number of nitrogens with zero attached hydrogens (tertiary/aromatic N) is 1. The normalized spacial score (nSPS) is 26.1. The van der Waals surface area contributed by atoms with Gasteiger partial charge in [-0.05, 0) is 32.4 Å². The Morgan fingerprint density at radius 3 is 2.71 bits per heavy atom. The molecular weight excluding hydrogens is 279 g/mol. The molecule has 0 radical (unpaired) electrons. The molecule has 1 saturated carbocycles. The number of hydrazone groups is 1. The fourth-order valence-corrected chi connectivity index (χ4v) is 2.90. The molecule has 0 unspecified atom stereocenters. The van der Waals surface area contributed by atoms with Gasteiger partial charge in [0.15, 0.2) is 0 Å². The predicted octanol–water partition coefficient (Wildman–Crippen LogP) is 3.09. The third-order valence-corrected chi connectivity index (χ3v) is 4.91. The van der Waals surface area contributed by atoms with Gasteiger partial charge in [-0.3, -0.25) is 4.79 Å². The first kappa shape index (κ1) is 12.9. The molecule has 6 heteroatoms. The molecule has 1 atom stereocenters. The quantitative estimate of drug-likeness (QED) is 0.519. The Bertz CT molecular complexity index is 484. The van der Waals surface area contributed by atoms with E-state index >= 15 is 0 Å². The fourth-order valence-electron chi connectivity index (χ4n) is 1.45. The minimum Gasteiger partial charge on any atom is -0.272 e. The summed E-state index contributed by atoms with van der Waals surface area (Å²) in [6, 6.07) is 3.94. The number of hydrogen-bond acceptors (Lipinski definition) is 3. The van der Waals surface area contributed by atoms with E-state index in [1.165, 1.54) is 4.88 Å². The number of carbonyl (C=O) groups is 1. The van der Waals surface area contributed by atoms with Gasteiger partial charge >= 0.3 is 0 Å². The van der Waals surface area contributed by atoms with Gasteiger partial charge in [0.2, 0.25) is 5.91 Å². The lowest BCUT2D eigenvalue weighted by Gasteiger charge is -2.08. The van der Waals surface area contributed by atoms with E-state index in [0.29, 0.717) is 6.42 Å². The van der Waals surface area contributed by atoms with Crippen molar-refractivity contribution in [1.82, 2.24) is 5.43 Å². The summed E-state index contributed by atoms with van der Waals surface area (Å²) in [6.07, 6.45) is 2.08. The van der Waals surface area contributed by atoms with Crippen LogP contribution in [0.25, 0.3) is 0 Å². The Kier molecular flexibility index (Phi) is 3.23. The van der Waals surface area contributed by atoms with Crippen molar-refractivity contribution >= 4 is 46.7 Å². The van der Waals surface area contributed by atoms with Crippen LogP contribution < -0.4 is 5.43 Å². The van der Waals surface area contributed by atoms with E-state index in [-0.39, 0.29) is 5.91 Å². The number of aryl methyl sites for hydroxylation is 1. The Balaban J connectivity index is 1.91. The minimum absolute atomic E-state index is 0.243. The number of rotatable bonds is 3. The van der Waals surface area contributed by atoms with E-state index in [1.807, 2.05) is 19.1 Å². The van der Waals surface area contributed by atoms with Crippen LogP contribution in [0, 0.1) is 12.3 Å². The third kappa shape index (κ3) is 2.49. The second kappa shape index (κ2) is 4.26. The Morgan fingerprint density at radius 2 is 2.24 bits per heavy atom. The smallest absolute Gasteiger partial charge is 0.249 e. The molecule has 1 aromatic rings. The molecular formula is C11H12Cl2N2OS. The molecule has 1 fully saturated rings. The molecule has 1 aliphatic rings. The first-order valence-corrected chi connectivity index (χ1v) is 6.70. The number of alkyl halides is 2. The topological polar surface area (TPSA) is 41.5 Å². The van der Waals surface area contributed by atoms with Gasteiger partial charge in [0, 0.05) is 9.75 Å². The van der Waals surface area contributed by atoms with Gasteiger partial charge in [-0.15, -0.1) is 34.5 Å². The van der Waals surface area contributed by atoms with Crippen molar-refractivity contribution in [3.05, 3.63) is 21.9 Å². The van der Waals surface area contributed by atoms with Crippen molar-refractivity contribution in [3.63, 3.8) is 0 Å². The van der Waals surface area contributed by atoms with Gasteiger partial charge in [0.05, 0.1) is 11.6 Å². The molecule has 0 aromatic carbocycles. The van der Waals surface area contributed by atoms with E-state index in [4.69, 9.17) is 23.2 Å². The lowest BCUT2D eigenvalue weighted by molar-refractivity contribution is -0.125. The van der Waals surface area contributed by atoms with Crippen molar-refractivity contribution in [2.75, 3.05) is 0 Å². The van der Waals surface area contributed by atoms with E-state index in [9.17, 15) is 4.79 Å². The van der Waals surface area contributed by atoms with Gasteiger partial charge in [-0.25, -0.2) is 5.43 Å². The molecule has 1 N–H and O–H groups in total. The van der Waals surface area contributed by atoms with Crippen molar-refractivity contribution in [2.24, 2.45) is 10.5 Å². The molecule has 1 heterocycles. The fraction of sp³-hybridized carbons (Fsp3) is 0.455. The van der Waals surface area contributed by atoms with E-state index < -0.39 is 9.75 Å². The molecule has 92 valence electrons. The van der Waals surface area contributed by atoms with Gasteiger partial charge in [0.1, 0.15) is 4.33 Å². The highest BCUT2D eigenvalue weighted by Crippen LogP contribution is 2.63. The highest BCUT2D eigenvalue weighted by Gasteiger charge is 2.68. The number of nitrogens with one attached hydrogen (secondary N) is 1. The Labute approximate surface area is 114 Å². The molecule has 0 spiro atoms. The van der Waals surface area contributed by atoms with Gasteiger partial charge in [-0.1, -0.05) is 0 Å². The van der Waals surface area contributed by atoms with Crippen LogP contribution in [0.15, 0.2) is 17.2 Å². The molecule has 0 bridgehead atoms. The zero-order valence-electron chi connectivity index (χ0n) is 9.46. The maximum Gasteiger partial charge on any atom is 0.249 e. The van der Waals surface area contributed by atoms with E-state index in [2.05, 4.69) is 10.5 Å². The standard InChI is InChI=1S/C11H12Cl2N2OS/c1-7-3-4-8(17-7)5-14-15-9(16)10(2)6-11(10,12)13/h3-5H,6H2,1-2H3,(H,15,16)/b14-5-/t10-/m1/s1. The van der Waals surface area contributed by atoms with Crippen molar-refractivity contribution in [1.29, 1.82) is 0 Å². The summed E-state index contributed by atoms with van der Waals surface area (Å²) >= 11 is 13.4. The summed E-state index contributed by atoms with van der Waals surface area (Å²) < 4.78 is -0.952. The molecule has 1 amide bonds. The Morgan fingerprint density at radius 1 is 1.59 bits per heavy atom. The van der Waals surface area contributed by atoms with Crippen molar-refractivity contribution in [2.45, 2.75) is 24.6 Å². The SMILES string of the molecule is Cc1ccc(/C=N\NC(=O)[C@@]2(C)CC2(Cl)Cl)s1. The first-order valence-electron chi connectivity index (χ1n) is 5.13. The van der Waals surface area contributed by atoms with Crippen LogP contribution in [0.3, 0.4) is 0 Å². The van der Waals surface area contributed by atoms with Crippen molar-refractivity contribution < 1.29 is 4.79 Å². The zero-order chi connectivity index (χ0) is 12.7. The average Bonchev–Trinajstić information content (AvgIpc) is 2.58. The van der Waals surface area contributed by atoms with Crippen LogP contribution in [0.4, 0.5) is 0 Å². The highest BCUT2D eigenvalue weighted by atomic mass is 35.5.